The number of esters is 1. The zero-order valence-electron chi connectivity index (χ0n) is 10.5. The highest BCUT2D eigenvalue weighted by Crippen LogP contribution is 2.18. The van der Waals surface area contributed by atoms with Gasteiger partial charge in [0, 0.05) is 0 Å². The summed E-state index contributed by atoms with van der Waals surface area (Å²) in [6, 6.07) is 4.31. The molecular weight excluding hydrogens is 255 g/mol. The summed E-state index contributed by atoms with van der Waals surface area (Å²) in [7, 11) is 0. The Balaban J connectivity index is 2.35. The van der Waals surface area contributed by atoms with E-state index in [2.05, 4.69) is 6.92 Å². The Kier molecular flexibility index (Phi) is 6.73. The van der Waals surface area contributed by atoms with E-state index in [1.807, 2.05) is 0 Å². The van der Waals surface area contributed by atoms with Gasteiger partial charge in [-0.2, -0.15) is 0 Å². The zero-order valence-corrected chi connectivity index (χ0v) is 11.3. The first-order valence-corrected chi connectivity index (χ1v) is 6.65. The van der Waals surface area contributed by atoms with E-state index >= 15 is 0 Å². The number of carbonyl (C=O) groups excluding carboxylic acids is 1. The molecule has 0 aromatic heterocycles. The Morgan fingerprint density at radius 1 is 1.28 bits per heavy atom. The summed E-state index contributed by atoms with van der Waals surface area (Å²) in [5, 5.41) is -0.0626. The Bertz CT molecular complexity index is 393. The Hall–Kier alpha value is -1.09. The van der Waals surface area contributed by atoms with Gasteiger partial charge in [0.1, 0.15) is 0 Å². The van der Waals surface area contributed by atoms with Crippen molar-refractivity contribution in [1.29, 1.82) is 0 Å². The van der Waals surface area contributed by atoms with E-state index in [1.165, 1.54) is 31.0 Å². The van der Waals surface area contributed by atoms with Crippen molar-refractivity contribution in [2.45, 2.75) is 39.0 Å². The molecule has 100 valence electrons. The van der Waals surface area contributed by atoms with Gasteiger partial charge < -0.3 is 4.74 Å². The molecule has 0 radical (unpaired) electrons. The second-order valence-electron chi connectivity index (χ2n) is 4.15. The Labute approximate surface area is 112 Å². The van der Waals surface area contributed by atoms with Gasteiger partial charge >= 0.3 is 5.97 Å². The van der Waals surface area contributed by atoms with Crippen LogP contribution in [0.3, 0.4) is 0 Å². The van der Waals surface area contributed by atoms with Crippen molar-refractivity contribution in [1.82, 2.24) is 0 Å². The molecule has 0 saturated heterocycles. The van der Waals surface area contributed by atoms with Crippen LogP contribution in [0.2, 0.25) is 5.02 Å². The lowest BCUT2D eigenvalue weighted by Gasteiger charge is -2.06. The molecule has 1 aromatic carbocycles. The lowest BCUT2D eigenvalue weighted by Crippen LogP contribution is -2.08. The predicted molar refractivity (Wildman–Crippen MR) is 70.5 cm³/mol. The minimum absolute atomic E-state index is 0.0626. The molecule has 18 heavy (non-hydrogen) atoms. The first kappa shape index (κ1) is 15.0. The fraction of sp³-hybridized carbons (Fsp3) is 0.500. The lowest BCUT2D eigenvalue weighted by molar-refractivity contribution is 0.0492. The van der Waals surface area contributed by atoms with Crippen LogP contribution in [0.5, 0.6) is 0 Å². The van der Waals surface area contributed by atoms with E-state index in [-0.39, 0.29) is 10.6 Å². The second-order valence-corrected chi connectivity index (χ2v) is 4.56. The number of halogens is 2. The fourth-order valence-electron chi connectivity index (χ4n) is 1.61. The number of ether oxygens (including phenoxy) is 1. The van der Waals surface area contributed by atoms with Crippen LogP contribution in [-0.4, -0.2) is 12.6 Å². The molecule has 1 aromatic rings. The molecule has 0 aliphatic carbocycles. The summed E-state index contributed by atoms with van der Waals surface area (Å²) in [6.45, 7) is 2.47. The average molecular weight is 273 g/mol. The van der Waals surface area contributed by atoms with Crippen molar-refractivity contribution in [3.8, 4) is 0 Å². The van der Waals surface area contributed by atoms with Gasteiger partial charge in [-0.1, -0.05) is 50.3 Å². The van der Waals surface area contributed by atoms with Gasteiger partial charge in [0.25, 0.3) is 0 Å². The number of hydrogen-bond acceptors (Lipinski definition) is 2. The first-order chi connectivity index (χ1) is 8.66. The van der Waals surface area contributed by atoms with Gasteiger partial charge in [-0.15, -0.1) is 0 Å². The largest absolute Gasteiger partial charge is 0.462 e. The number of rotatable bonds is 7. The maximum Gasteiger partial charge on any atom is 0.341 e. The molecule has 0 atom stereocenters. The van der Waals surface area contributed by atoms with E-state index in [9.17, 15) is 9.18 Å². The minimum Gasteiger partial charge on any atom is -0.462 e. The fourth-order valence-corrected chi connectivity index (χ4v) is 1.78. The van der Waals surface area contributed by atoms with Crippen LogP contribution >= 0.6 is 11.6 Å². The van der Waals surface area contributed by atoms with E-state index in [0.717, 1.165) is 19.3 Å². The predicted octanol–water partition coefficient (Wildman–Crippen LogP) is 4.61. The van der Waals surface area contributed by atoms with Crippen LogP contribution in [0.15, 0.2) is 18.2 Å². The van der Waals surface area contributed by atoms with Gasteiger partial charge in [0.05, 0.1) is 17.2 Å². The maximum atomic E-state index is 13.5. The standard InChI is InChI=1S/C14H18ClFO2/c1-2-3-4-5-6-10-18-14(17)11-8-7-9-12(15)13(11)16/h7-9H,2-6,10H2,1H3. The van der Waals surface area contributed by atoms with Crippen molar-refractivity contribution < 1.29 is 13.9 Å². The van der Waals surface area contributed by atoms with Crippen LogP contribution in [-0.2, 0) is 4.74 Å². The van der Waals surface area contributed by atoms with Gasteiger partial charge in [0.15, 0.2) is 5.82 Å². The molecule has 0 spiro atoms. The van der Waals surface area contributed by atoms with Crippen LogP contribution in [0.1, 0.15) is 49.4 Å². The average Bonchev–Trinajstić information content (AvgIpc) is 2.36. The molecule has 0 N–H and O–H groups in total. The molecule has 0 saturated carbocycles. The number of benzene rings is 1. The van der Waals surface area contributed by atoms with Gasteiger partial charge in [0.2, 0.25) is 0 Å². The molecule has 2 nitrogen and oxygen atoms in total. The molecule has 0 aliphatic heterocycles. The molecule has 0 bridgehead atoms. The molecule has 0 amide bonds. The molecule has 4 heteroatoms. The second kappa shape index (κ2) is 8.09. The SMILES string of the molecule is CCCCCCCOC(=O)c1cccc(Cl)c1F. The normalized spacial score (nSPS) is 10.4. The van der Waals surface area contributed by atoms with Crippen molar-refractivity contribution >= 4 is 17.6 Å². The van der Waals surface area contributed by atoms with Crippen LogP contribution < -0.4 is 0 Å². The third-order valence-electron chi connectivity index (χ3n) is 2.65. The van der Waals surface area contributed by atoms with E-state index in [1.54, 1.807) is 0 Å². The molecule has 0 heterocycles. The van der Waals surface area contributed by atoms with Gasteiger partial charge in [-0.3, -0.25) is 0 Å². The third kappa shape index (κ3) is 4.65. The van der Waals surface area contributed by atoms with Crippen molar-refractivity contribution in [3.63, 3.8) is 0 Å². The van der Waals surface area contributed by atoms with Gasteiger partial charge in [-0.05, 0) is 18.6 Å². The van der Waals surface area contributed by atoms with E-state index in [0.29, 0.717) is 6.61 Å². The highest BCUT2D eigenvalue weighted by molar-refractivity contribution is 6.31. The number of hydrogen-bond donors (Lipinski definition) is 0. The monoisotopic (exact) mass is 272 g/mol. The smallest absolute Gasteiger partial charge is 0.341 e. The summed E-state index contributed by atoms with van der Waals surface area (Å²) in [5.74, 6) is -1.36. The Morgan fingerprint density at radius 2 is 2.00 bits per heavy atom. The molecular formula is C14H18ClFO2. The highest BCUT2D eigenvalue weighted by atomic mass is 35.5. The number of unbranched alkanes of at least 4 members (excludes halogenated alkanes) is 4. The first-order valence-electron chi connectivity index (χ1n) is 6.28. The molecule has 0 unspecified atom stereocenters. The highest BCUT2D eigenvalue weighted by Gasteiger charge is 2.14. The van der Waals surface area contributed by atoms with Crippen molar-refractivity contribution in [3.05, 3.63) is 34.6 Å². The lowest BCUT2D eigenvalue weighted by atomic mass is 10.2. The van der Waals surface area contributed by atoms with Crippen LogP contribution in [0.25, 0.3) is 0 Å². The minimum atomic E-state index is -0.713. The topological polar surface area (TPSA) is 26.3 Å². The summed E-state index contributed by atoms with van der Waals surface area (Å²) in [6.07, 6.45) is 5.34. The molecule has 1 rings (SSSR count). The summed E-state index contributed by atoms with van der Waals surface area (Å²) < 4.78 is 18.5. The van der Waals surface area contributed by atoms with Crippen LogP contribution in [0.4, 0.5) is 4.39 Å². The van der Waals surface area contributed by atoms with E-state index < -0.39 is 11.8 Å². The Morgan fingerprint density at radius 3 is 2.72 bits per heavy atom. The summed E-state index contributed by atoms with van der Waals surface area (Å²) in [5.41, 5.74) is -0.101. The van der Waals surface area contributed by atoms with Crippen LogP contribution in [0, 0.1) is 5.82 Å². The molecule has 0 aliphatic rings. The van der Waals surface area contributed by atoms with Gasteiger partial charge in [-0.25, -0.2) is 9.18 Å². The van der Waals surface area contributed by atoms with E-state index in [4.69, 9.17) is 16.3 Å². The summed E-state index contributed by atoms with van der Waals surface area (Å²) >= 11 is 5.59. The maximum absolute atomic E-state index is 13.5. The van der Waals surface area contributed by atoms with Crippen molar-refractivity contribution in [2.75, 3.05) is 6.61 Å². The quantitative estimate of drug-likeness (QED) is 0.535. The number of carbonyl (C=O) groups is 1. The molecule has 0 fully saturated rings. The zero-order chi connectivity index (χ0) is 13.4. The summed E-state index contributed by atoms with van der Waals surface area (Å²) in [4.78, 5) is 11.6. The van der Waals surface area contributed by atoms with Crippen molar-refractivity contribution in [2.24, 2.45) is 0 Å². The third-order valence-corrected chi connectivity index (χ3v) is 2.94.